The molecule has 2 heterocycles. The Labute approximate surface area is 186 Å². The fraction of sp³-hybridized carbons (Fsp3) is 0.136. The number of para-hydroxylation sites is 1. The van der Waals surface area contributed by atoms with Gasteiger partial charge >= 0.3 is 0 Å². The number of thioether (sulfide) groups is 1. The van der Waals surface area contributed by atoms with Crippen LogP contribution in [-0.4, -0.2) is 21.2 Å². The molecule has 4 aromatic rings. The molecule has 0 spiro atoms. The van der Waals surface area contributed by atoms with E-state index in [1.54, 1.807) is 10.6 Å². The molecule has 0 aliphatic rings. The van der Waals surface area contributed by atoms with Crippen molar-refractivity contribution in [3.8, 4) is 5.69 Å². The zero-order valence-corrected chi connectivity index (χ0v) is 18.7. The van der Waals surface area contributed by atoms with Gasteiger partial charge in [0, 0.05) is 10.7 Å². The van der Waals surface area contributed by atoms with Gasteiger partial charge in [0.05, 0.1) is 17.0 Å². The number of carbonyl (C=O) groups is 1. The average molecular weight is 456 g/mol. The third kappa shape index (κ3) is 4.14. The molecule has 0 radical (unpaired) electrons. The van der Waals surface area contributed by atoms with E-state index in [4.69, 9.17) is 11.6 Å². The Morgan fingerprint density at radius 1 is 1.17 bits per heavy atom. The Bertz CT molecular complexity index is 1310. The van der Waals surface area contributed by atoms with Crippen molar-refractivity contribution in [2.75, 3.05) is 11.1 Å². The molecule has 1 amide bonds. The largest absolute Gasteiger partial charge is 0.325 e. The Hall–Kier alpha value is -2.61. The van der Waals surface area contributed by atoms with Crippen LogP contribution in [0.4, 0.5) is 5.69 Å². The van der Waals surface area contributed by atoms with Crippen molar-refractivity contribution in [1.29, 1.82) is 0 Å². The molecule has 0 saturated carbocycles. The van der Waals surface area contributed by atoms with Crippen LogP contribution in [0.25, 0.3) is 15.9 Å². The average Bonchev–Trinajstić information content (AvgIpc) is 3.19. The molecule has 1 N–H and O–H groups in total. The van der Waals surface area contributed by atoms with E-state index in [1.165, 1.54) is 23.1 Å². The van der Waals surface area contributed by atoms with Gasteiger partial charge in [0.1, 0.15) is 4.70 Å². The lowest BCUT2D eigenvalue weighted by Crippen LogP contribution is -2.22. The molecule has 0 aliphatic carbocycles. The standard InChI is InChI=1S/C22H18ClN3O2S2/c1-13-7-8-15(11-16(13)23)24-19(27)12-30-22-25-17-9-10-29-20(17)21(28)26(22)18-6-4-3-5-14(18)2/h3-11H,12H2,1-2H3,(H,24,27). The highest BCUT2D eigenvalue weighted by molar-refractivity contribution is 7.99. The van der Waals surface area contributed by atoms with Crippen LogP contribution in [0, 0.1) is 13.8 Å². The second-order valence-electron chi connectivity index (χ2n) is 6.76. The first-order valence-corrected chi connectivity index (χ1v) is 11.4. The van der Waals surface area contributed by atoms with Crippen molar-refractivity contribution in [2.24, 2.45) is 0 Å². The van der Waals surface area contributed by atoms with Crippen LogP contribution in [-0.2, 0) is 4.79 Å². The number of aryl methyl sites for hydroxylation is 2. The number of fused-ring (bicyclic) bond motifs is 1. The molecule has 2 aromatic heterocycles. The molecule has 0 unspecified atom stereocenters. The maximum atomic E-state index is 13.2. The number of benzene rings is 2. The number of rotatable bonds is 5. The number of carbonyl (C=O) groups excluding carboxylic acids is 1. The second-order valence-corrected chi connectivity index (χ2v) is 9.02. The van der Waals surface area contributed by atoms with Gasteiger partial charge in [-0.3, -0.25) is 14.2 Å². The van der Waals surface area contributed by atoms with E-state index in [0.29, 0.717) is 26.1 Å². The van der Waals surface area contributed by atoms with Crippen LogP contribution in [0.5, 0.6) is 0 Å². The maximum Gasteiger partial charge on any atom is 0.276 e. The molecule has 152 valence electrons. The summed E-state index contributed by atoms with van der Waals surface area (Å²) in [4.78, 5) is 30.3. The van der Waals surface area contributed by atoms with E-state index < -0.39 is 0 Å². The van der Waals surface area contributed by atoms with Gasteiger partial charge in [-0.15, -0.1) is 11.3 Å². The summed E-state index contributed by atoms with van der Waals surface area (Å²) in [5, 5.41) is 5.77. The molecule has 5 nitrogen and oxygen atoms in total. The Balaban J connectivity index is 1.64. The van der Waals surface area contributed by atoms with Crippen molar-refractivity contribution in [3.63, 3.8) is 0 Å². The van der Waals surface area contributed by atoms with Gasteiger partial charge in [0.15, 0.2) is 5.16 Å². The van der Waals surface area contributed by atoms with Crippen molar-refractivity contribution in [3.05, 3.63) is 80.4 Å². The van der Waals surface area contributed by atoms with E-state index in [0.717, 1.165) is 16.8 Å². The van der Waals surface area contributed by atoms with E-state index in [-0.39, 0.29) is 17.2 Å². The van der Waals surface area contributed by atoms with Gasteiger partial charge in [-0.2, -0.15) is 0 Å². The minimum absolute atomic E-state index is 0.111. The van der Waals surface area contributed by atoms with Crippen LogP contribution in [0.1, 0.15) is 11.1 Å². The Kier molecular flexibility index (Phi) is 5.94. The molecule has 0 bridgehead atoms. The van der Waals surface area contributed by atoms with Crippen LogP contribution in [0.3, 0.4) is 0 Å². The normalized spacial score (nSPS) is 11.0. The van der Waals surface area contributed by atoms with E-state index >= 15 is 0 Å². The number of amides is 1. The highest BCUT2D eigenvalue weighted by Crippen LogP contribution is 2.25. The molecule has 0 atom stereocenters. The highest BCUT2D eigenvalue weighted by Gasteiger charge is 2.17. The van der Waals surface area contributed by atoms with Crippen molar-refractivity contribution in [1.82, 2.24) is 9.55 Å². The van der Waals surface area contributed by atoms with Gasteiger partial charge in [0.2, 0.25) is 5.91 Å². The number of anilines is 1. The molecule has 30 heavy (non-hydrogen) atoms. The summed E-state index contributed by atoms with van der Waals surface area (Å²) in [6, 6.07) is 14.8. The fourth-order valence-electron chi connectivity index (χ4n) is 3.01. The third-order valence-corrected chi connectivity index (χ3v) is 6.83. The topological polar surface area (TPSA) is 64.0 Å². The minimum atomic E-state index is -0.198. The van der Waals surface area contributed by atoms with Crippen LogP contribution in [0.15, 0.2) is 63.9 Å². The fourth-order valence-corrected chi connectivity index (χ4v) is 4.76. The molecule has 0 saturated heterocycles. The van der Waals surface area contributed by atoms with E-state index in [1.807, 2.05) is 61.7 Å². The van der Waals surface area contributed by atoms with Gasteiger partial charge in [-0.25, -0.2) is 4.98 Å². The second kappa shape index (κ2) is 8.63. The van der Waals surface area contributed by atoms with Crippen molar-refractivity contribution >= 4 is 56.5 Å². The van der Waals surface area contributed by atoms with Crippen LogP contribution < -0.4 is 10.9 Å². The van der Waals surface area contributed by atoms with Gasteiger partial charge in [-0.1, -0.05) is 47.6 Å². The summed E-state index contributed by atoms with van der Waals surface area (Å²) < 4.78 is 2.19. The molecule has 8 heteroatoms. The summed E-state index contributed by atoms with van der Waals surface area (Å²) >= 11 is 8.73. The molecule has 0 aliphatic heterocycles. The SMILES string of the molecule is Cc1ccc(NC(=O)CSc2nc3ccsc3c(=O)n2-c2ccccc2C)cc1Cl. The maximum absolute atomic E-state index is 13.2. The number of aromatic nitrogens is 2. The lowest BCUT2D eigenvalue weighted by Gasteiger charge is -2.14. The summed E-state index contributed by atoms with van der Waals surface area (Å²) in [6.45, 7) is 3.85. The zero-order valence-electron chi connectivity index (χ0n) is 16.3. The first-order valence-electron chi connectivity index (χ1n) is 9.19. The number of hydrogen-bond donors (Lipinski definition) is 1. The number of nitrogens with one attached hydrogen (secondary N) is 1. The molecular formula is C22H18ClN3O2S2. The monoisotopic (exact) mass is 455 g/mol. The molecule has 2 aromatic carbocycles. The first-order chi connectivity index (χ1) is 14.4. The van der Waals surface area contributed by atoms with Gasteiger partial charge in [0.25, 0.3) is 5.56 Å². The minimum Gasteiger partial charge on any atom is -0.325 e. The number of nitrogens with zero attached hydrogens (tertiary/aromatic N) is 2. The predicted molar refractivity (Wildman–Crippen MR) is 125 cm³/mol. The number of halogens is 1. The van der Waals surface area contributed by atoms with Crippen molar-refractivity contribution in [2.45, 2.75) is 19.0 Å². The summed E-state index contributed by atoms with van der Waals surface area (Å²) in [6.07, 6.45) is 0. The Morgan fingerprint density at radius 2 is 1.97 bits per heavy atom. The van der Waals surface area contributed by atoms with Crippen LogP contribution in [0.2, 0.25) is 5.02 Å². The van der Waals surface area contributed by atoms with Gasteiger partial charge < -0.3 is 5.32 Å². The van der Waals surface area contributed by atoms with E-state index in [9.17, 15) is 9.59 Å². The third-order valence-electron chi connectivity index (χ3n) is 4.59. The van der Waals surface area contributed by atoms with Crippen LogP contribution >= 0.6 is 34.7 Å². The zero-order chi connectivity index (χ0) is 21.3. The lowest BCUT2D eigenvalue weighted by molar-refractivity contribution is -0.113. The van der Waals surface area contributed by atoms with Crippen molar-refractivity contribution < 1.29 is 4.79 Å². The molecule has 0 fully saturated rings. The first kappa shape index (κ1) is 20.7. The summed E-state index contributed by atoms with van der Waals surface area (Å²) in [5.74, 6) is -0.0876. The molecule has 4 rings (SSSR count). The highest BCUT2D eigenvalue weighted by atomic mass is 35.5. The number of thiophene rings is 1. The summed E-state index contributed by atoms with van der Waals surface area (Å²) in [5.41, 5.74) is 3.81. The summed E-state index contributed by atoms with van der Waals surface area (Å²) in [7, 11) is 0. The number of hydrogen-bond acceptors (Lipinski definition) is 5. The predicted octanol–water partition coefficient (Wildman–Crippen LogP) is 5.45. The quantitative estimate of drug-likeness (QED) is 0.321. The Morgan fingerprint density at radius 3 is 2.73 bits per heavy atom. The van der Waals surface area contributed by atoms with E-state index in [2.05, 4.69) is 10.3 Å². The van der Waals surface area contributed by atoms with Gasteiger partial charge in [-0.05, 0) is 54.6 Å². The molecular weight excluding hydrogens is 438 g/mol. The smallest absolute Gasteiger partial charge is 0.276 e. The lowest BCUT2D eigenvalue weighted by atomic mass is 10.2.